The number of halogens is 11. The van der Waals surface area contributed by atoms with Gasteiger partial charge in [-0.15, -0.1) is 0 Å². The van der Waals surface area contributed by atoms with Crippen molar-refractivity contribution in [3.05, 3.63) is 65.0 Å². The average Bonchev–Trinajstić information content (AvgIpc) is 2.88. The topological polar surface area (TPSA) is 80.3 Å². The number of aromatic nitrogens is 1. The molecule has 0 aliphatic carbocycles. The van der Waals surface area contributed by atoms with E-state index in [1.54, 1.807) is 0 Å². The molecule has 0 spiro atoms. The van der Waals surface area contributed by atoms with Crippen LogP contribution in [0.15, 0.2) is 48.2 Å². The Morgan fingerprint density at radius 2 is 1.63 bits per heavy atom. The molecule has 3 rings (SSSR count). The largest absolute Gasteiger partial charge is 0.494 e. The molecule has 1 aliphatic rings. The lowest BCUT2D eigenvalue weighted by Gasteiger charge is -2.41. The molecule has 0 radical (unpaired) electrons. The van der Waals surface area contributed by atoms with Crippen molar-refractivity contribution >= 4 is 17.4 Å². The van der Waals surface area contributed by atoms with Crippen molar-refractivity contribution in [2.75, 3.05) is 13.2 Å². The Hall–Kier alpha value is -3.92. The Labute approximate surface area is 236 Å². The van der Waals surface area contributed by atoms with E-state index in [1.165, 1.54) is 0 Å². The first kappa shape index (κ1) is 33.6. The van der Waals surface area contributed by atoms with Gasteiger partial charge in [-0.05, 0) is 41.8 Å². The smallest absolute Gasteiger partial charge is 0.416 e. The number of benzene rings is 1. The molecule has 2 heterocycles. The summed E-state index contributed by atoms with van der Waals surface area (Å²) in [5.74, 6) is -3.08. The second kappa shape index (κ2) is 12.8. The fourth-order valence-corrected chi connectivity index (χ4v) is 4.21. The quantitative estimate of drug-likeness (QED) is 0.230. The van der Waals surface area contributed by atoms with Gasteiger partial charge < -0.3 is 15.4 Å². The van der Waals surface area contributed by atoms with Crippen molar-refractivity contribution in [3.8, 4) is 5.75 Å². The SMILES string of the molecule is O=C(CC(F)(F)F)NCC1=C(c2ccc(C(F)F)cn2)C[C@@](c2ccc(OCCCC(F)(F)F)cc2)(C(F)(F)F)NC1=O. The summed E-state index contributed by atoms with van der Waals surface area (Å²) in [5, 5.41) is 3.64. The minimum Gasteiger partial charge on any atom is -0.494 e. The van der Waals surface area contributed by atoms with Gasteiger partial charge >= 0.3 is 18.5 Å². The molecule has 17 heteroatoms. The number of rotatable bonds is 10. The summed E-state index contributed by atoms with van der Waals surface area (Å²) in [6.07, 6.45) is -21.5. The van der Waals surface area contributed by atoms with Crippen molar-refractivity contribution in [2.24, 2.45) is 0 Å². The molecule has 1 aromatic heterocycles. The van der Waals surface area contributed by atoms with Gasteiger partial charge in [0.1, 0.15) is 12.2 Å². The summed E-state index contributed by atoms with van der Waals surface area (Å²) < 4.78 is 150. The van der Waals surface area contributed by atoms with E-state index in [-0.39, 0.29) is 11.4 Å². The second-order valence-corrected chi connectivity index (χ2v) is 9.43. The summed E-state index contributed by atoms with van der Waals surface area (Å²) in [5.41, 5.74) is -5.77. The van der Waals surface area contributed by atoms with Crippen molar-refractivity contribution in [1.29, 1.82) is 0 Å². The number of alkyl halides is 11. The van der Waals surface area contributed by atoms with Crippen LogP contribution in [-0.4, -0.2) is 48.5 Å². The number of pyridine rings is 1. The molecule has 2 aromatic rings. The van der Waals surface area contributed by atoms with Gasteiger partial charge in [-0.3, -0.25) is 14.6 Å². The Kier molecular flexibility index (Phi) is 9.96. The number of carbonyl (C=O) groups is 2. The molecule has 0 saturated heterocycles. The number of nitrogens with zero attached hydrogens (tertiary/aromatic N) is 1. The van der Waals surface area contributed by atoms with Crippen LogP contribution in [0.3, 0.4) is 0 Å². The van der Waals surface area contributed by atoms with E-state index in [0.717, 1.165) is 36.4 Å². The van der Waals surface area contributed by atoms with Crippen LogP contribution in [0.2, 0.25) is 0 Å². The molecule has 43 heavy (non-hydrogen) atoms. The fraction of sp³-hybridized carbons (Fsp3) is 0.423. The highest BCUT2D eigenvalue weighted by molar-refractivity contribution is 6.04. The van der Waals surface area contributed by atoms with Gasteiger partial charge in [0.2, 0.25) is 11.8 Å². The zero-order chi connectivity index (χ0) is 32.2. The van der Waals surface area contributed by atoms with E-state index in [2.05, 4.69) is 4.98 Å². The average molecular weight is 633 g/mol. The van der Waals surface area contributed by atoms with Crippen LogP contribution < -0.4 is 15.4 Å². The summed E-state index contributed by atoms with van der Waals surface area (Å²) in [7, 11) is 0. The molecule has 1 aromatic carbocycles. The number of hydrogen-bond donors (Lipinski definition) is 2. The normalized spacial score (nSPS) is 18.1. The molecule has 0 bridgehead atoms. The zero-order valence-electron chi connectivity index (χ0n) is 21.7. The number of hydrogen-bond acceptors (Lipinski definition) is 4. The van der Waals surface area contributed by atoms with Gasteiger partial charge in [0.15, 0.2) is 5.54 Å². The van der Waals surface area contributed by atoms with Crippen molar-refractivity contribution < 1.29 is 62.6 Å². The molecule has 0 unspecified atom stereocenters. The van der Waals surface area contributed by atoms with Crippen LogP contribution >= 0.6 is 0 Å². The highest BCUT2D eigenvalue weighted by Crippen LogP contribution is 2.48. The molecular weight excluding hydrogens is 611 g/mol. The molecule has 1 aliphatic heterocycles. The summed E-state index contributed by atoms with van der Waals surface area (Å²) in [6.45, 7) is -1.33. The van der Waals surface area contributed by atoms with Crippen LogP contribution in [0.5, 0.6) is 5.75 Å². The third-order valence-corrected chi connectivity index (χ3v) is 6.28. The summed E-state index contributed by atoms with van der Waals surface area (Å²) in [6, 6.07) is 5.64. The van der Waals surface area contributed by atoms with Crippen molar-refractivity contribution in [1.82, 2.24) is 15.6 Å². The van der Waals surface area contributed by atoms with Gasteiger partial charge in [0, 0.05) is 36.7 Å². The van der Waals surface area contributed by atoms with Gasteiger partial charge in [0.25, 0.3) is 6.43 Å². The molecule has 0 fully saturated rings. The van der Waals surface area contributed by atoms with Crippen LogP contribution in [0.4, 0.5) is 48.3 Å². The Morgan fingerprint density at radius 1 is 0.977 bits per heavy atom. The summed E-state index contributed by atoms with van der Waals surface area (Å²) >= 11 is 0. The minimum absolute atomic E-state index is 0.0709. The van der Waals surface area contributed by atoms with Crippen LogP contribution in [0.25, 0.3) is 5.57 Å². The number of nitrogens with one attached hydrogen (secondary N) is 2. The first-order valence-corrected chi connectivity index (χ1v) is 12.3. The predicted molar refractivity (Wildman–Crippen MR) is 128 cm³/mol. The van der Waals surface area contributed by atoms with E-state index in [1.807, 2.05) is 10.6 Å². The van der Waals surface area contributed by atoms with Gasteiger partial charge in [0.05, 0.1) is 12.3 Å². The molecular formula is C26H22F11N3O3. The Balaban J connectivity index is 1.99. The van der Waals surface area contributed by atoms with Crippen LogP contribution in [0, 0.1) is 0 Å². The van der Waals surface area contributed by atoms with Crippen LogP contribution in [-0.2, 0) is 15.1 Å². The molecule has 0 saturated carbocycles. The highest BCUT2D eigenvalue weighted by atomic mass is 19.4. The highest BCUT2D eigenvalue weighted by Gasteiger charge is 2.59. The molecule has 2 amide bonds. The minimum atomic E-state index is -5.23. The number of carbonyl (C=O) groups excluding carboxylic acids is 2. The lowest BCUT2D eigenvalue weighted by atomic mass is 9.77. The first-order chi connectivity index (χ1) is 19.8. The van der Waals surface area contributed by atoms with E-state index in [4.69, 9.17) is 4.74 Å². The van der Waals surface area contributed by atoms with E-state index in [9.17, 15) is 57.9 Å². The molecule has 1 atom stereocenters. The van der Waals surface area contributed by atoms with Gasteiger partial charge in [-0.25, -0.2) is 8.78 Å². The first-order valence-electron chi connectivity index (χ1n) is 12.3. The van der Waals surface area contributed by atoms with Crippen molar-refractivity contribution in [2.45, 2.75) is 56.2 Å². The molecule has 2 N–H and O–H groups in total. The molecule has 236 valence electrons. The van der Waals surface area contributed by atoms with Crippen molar-refractivity contribution in [3.63, 3.8) is 0 Å². The maximum absolute atomic E-state index is 14.7. The van der Waals surface area contributed by atoms with E-state index < -0.39 is 103 Å². The fourth-order valence-electron chi connectivity index (χ4n) is 4.21. The lowest BCUT2D eigenvalue weighted by Crippen LogP contribution is -2.59. The van der Waals surface area contributed by atoms with E-state index >= 15 is 0 Å². The third kappa shape index (κ3) is 8.79. The zero-order valence-corrected chi connectivity index (χ0v) is 21.7. The standard InChI is InChI=1S/C26H22F11N3O3/c27-21(28)14-2-7-19(38-12-14)17-10-23(26(35,36)37,40-22(42)18(17)13-39-20(41)11-25(32,33)34)15-3-5-16(6-4-15)43-9-1-8-24(29,30)31/h2-7,12,21H,1,8-11,13H2,(H,39,41)(H,40,42)/t23-/m1/s1. The lowest BCUT2D eigenvalue weighted by molar-refractivity contribution is -0.201. The number of ether oxygens (including phenoxy) is 1. The molecule has 6 nitrogen and oxygen atoms in total. The predicted octanol–water partition coefficient (Wildman–Crippen LogP) is 6.54. The maximum atomic E-state index is 14.7. The third-order valence-electron chi connectivity index (χ3n) is 6.28. The Bertz CT molecular complexity index is 1320. The van der Waals surface area contributed by atoms with Gasteiger partial charge in [-0.2, -0.15) is 39.5 Å². The van der Waals surface area contributed by atoms with Gasteiger partial charge in [-0.1, -0.05) is 12.1 Å². The number of amides is 2. The maximum Gasteiger partial charge on any atom is 0.416 e. The summed E-state index contributed by atoms with van der Waals surface area (Å²) in [4.78, 5) is 28.6. The Morgan fingerprint density at radius 3 is 2.14 bits per heavy atom. The second-order valence-electron chi connectivity index (χ2n) is 9.43. The monoisotopic (exact) mass is 633 g/mol. The van der Waals surface area contributed by atoms with E-state index in [0.29, 0.717) is 6.20 Å². The van der Waals surface area contributed by atoms with Crippen LogP contribution in [0.1, 0.15) is 48.9 Å².